The third-order valence-electron chi connectivity index (χ3n) is 8.87. The number of amides is 2. The van der Waals surface area contributed by atoms with Crippen molar-refractivity contribution < 1.29 is 23.8 Å². The van der Waals surface area contributed by atoms with Crippen molar-refractivity contribution in [1.82, 2.24) is 19.7 Å². The van der Waals surface area contributed by atoms with Crippen molar-refractivity contribution in [3.8, 4) is 0 Å². The van der Waals surface area contributed by atoms with Gasteiger partial charge in [0, 0.05) is 62.1 Å². The van der Waals surface area contributed by atoms with Crippen LogP contribution >= 0.6 is 11.8 Å². The predicted octanol–water partition coefficient (Wildman–Crippen LogP) is 6.00. The van der Waals surface area contributed by atoms with Crippen LogP contribution in [0.25, 0.3) is 0 Å². The Labute approximate surface area is 255 Å². The van der Waals surface area contributed by atoms with E-state index in [2.05, 4.69) is 11.0 Å². The van der Waals surface area contributed by atoms with Crippen LogP contribution in [0, 0.1) is 12.7 Å². The van der Waals surface area contributed by atoms with E-state index in [1.807, 2.05) is 28.9 Å². The van der Waals surface area contributed by atoms with Crippen LogP contribution in [-0.4, -0.2) is 81.7 Å². The number of carboxylic acids is 1. The van der Waals surface area contributed by atoms with Gasteiger partial charge in [0.2, 0.25) is 0 Å². The lowest BCUT2D eigenvalue weighted by molar-refractivity contribution is 0.0493. The number of aryl methyl sites for hydroxylation is 1. The fourth-order valence-electron chi connectivity index (χ4n) is 6.50. The Morgan fingerprint density at radius 2 is 1.77 bits per heavy atom. The number of carbonyl (C=O) groups is 2. The molecule has 1 aromatic heterocycles. The minimum absolute atomic E-state index is 0.0744. The lowest BCUT2D eigenvalue weighted by Crippen LogP contribution is -2.48. The molecule has 0 saturated carbocycles. The SMILES string of the molecule is Cc1nc(Sc2ccc(C(=O)O)cc2)ccc1CN1CCC(N2C(=O)N(C3CCOCC3)C[C@H]2c2cccc(F)c2)CC1. The molecule has 1 N–H and O–H groups in total. The van der Waals surface area contributed by atoms with Crippen LogP contribution in [0.2, 0.25) is 0 Å². The summed E-state index contributed by atoms with van der Waals surface area (Å²) in [4.78, 5) is 37.2. The van der Waals surface area contributed by atoms with E-state index < -0.39 is 5.97 Å². The quantitative estimate of drug-likeness (QED) is 0.338. The first-order valence-corrected chi connectivity index (χ1v) is 15.8. The van der Waals surface area contributed by atoms with E-state index >= 15 is 0 Å². The Hall–Kier alpha value is -3.47. The molecule has 3 fully saturated rings. The van der Waals surface area contributed by atoms with Gasteiger partial charge in [-0.2, -0.15) is 0 Å². The average Bonchev–Trinajstić information content (AvgIpc) is 3.36. The van der Waals surface area contributed by atoms with Crippen molar-refractivity contribution >= 4 is 23.8 Å². The second-order valence-corrected chi connectivity index (χ2v) is 12.7. The number of nitrogens with zero attached hydrogens (tertiary/aromatic N) is 4. The summed E-state index contributed by atoms with van der Waals surface area (Å²) in [5.74, 6) is -1.21. The molecule has 43 heavy (non-hydrogen) atoms. The molecule has 6 rings (SSSR count). The smallest absolute Gasteiger partial charge is 0.335 e. The number of aromatic nitrogens is 1. The fourth-order valence-corrected chi connectivity index (χ4v) is 7.33. The van der Waals surface area contributed by atoms with Crippen LogP contribution < -0.4 is 0 Å². The molecule has 0 unspecified atom stereocenters. The normalized spacial score (nSPS) is 20.6. The summed E-state index contributed by atoms with van der Waals surface area (Å²) in [6.07, 6.45) is 3.42. The van der Waals surface area contributed by atoms with E-state index in [1.165, 1.54) is 23.4 Å². The maximum atomic E-state index is 14.2. The van der Waals surface area contributed by atoms with E-state index in [0.717, 1.165) is 66.5 Å². The first-order chi connectivity index (χ1) is 20.9. The van der Waals surface area contributed by atoms with Crippen molar-refractivity contribution in [2.75, 3.05) is 32.8 Å². The number of ether oxygens (including phenoxy) is 1. The Morgan fingerprint density at radius 3 is 2.44 bits per heavy atom. The first kappa shape index (κ1) is 29.6. The molecule has 8 nitrogen and oxygen atoms in total. The summed E-state index contributed by atoms with van der Waals surface area (Å²) in [5, 5.41) is 9.99. The van der Waals surface area contributed by atoms with Gasteiger partial charge in [-0.05, 0) is 86.2 Å². The minimum Gasteiger partial charge on any atom is -0.478 e. The van der Waals surface area contributed by atoms with E-state index in [4.69, 9.17) is 14.8 Å². The lowest BCUT2D eigenvalue weighted by atomic mass is 9.98. The van der Waals surface area contributed by atoms with E-state index in [1.54, 1.807) is 36.4 Å². The molecule has 0 aliphatic carbocycles. The molecule has 0 radical (unpaired) electrons. The van der Waals surface area contributed by atoms with Gasteiger partial charge in [0.15, 0.2) is 0 Å². The van der Waals surface area contributed by atoms with Gasteiger partial charge in [0.1, 0.15) is 10.8 Å². The summed E-state index contributed by atoms with van der Waals surface area (Å²) in [6.45, 7) is 6.49. The van der Waals surface area contributed by atoms with Crippen LogP contribution in [0.5, 0.6) is 0 Å². The summed E-state index contributed by atoms with van der Waals surface area (Å²) in [5.41, 5.74) is 3.28. The summed E-state index contributed by atoms with van der Waals surface area (Å²) in [7, 11) is 0. The number of benzene rings is 2. The monoisotopic (exact) mass is 604 g/mol. The summed E-state index contributed by atoms with van der Waals surface area (Å²) < 4.78 is 19.8. The van der Waals surface area contributed by atoms with Crippen molar-refractivity contribution in [3.63, 3.8) is 0 Å². The van der Waals surface area contributed by atoms with Crippen LogP contribution in [-0.2, 0) is 11.3 Å². The average molecular weight is 605 g/mol. The van der Waals surface area contributed by atoms with Gasteiger partial charge < -0.3 is 19.6 Å². The number of hydrogen-bond acceptors (Lipinski definition) is 6. The van der Waals surface area contributed by atoms with Gasteiger partial charge >= 0.3 is 12.0 Å². The molecule has 1 atom stereocenters. The maximum Gasteiger partial charge on any atom is 0.335 e. The van der Waals surface area contributed by atoms with Crippen LogP contribution in [0.3, 0.4) is 0 Å². The molecular weight excluding hydrogens is 567 g/mol. The van der Waals surface area contributed by atoms with E-state index in [-0.39, 0.29) is 35.5 Å². The highest BCUT2D eigenvalue weighted by atomic mass is 32.2. The number of aromatic carboxylic acids is 1. The molecule has 4 heterocycles. The number of halogens is 1. The molecule has 2 amide bonds. The molecule has 3 aromatic rings. The van der Waals surface area contributed by atoms with Gasteiger partial charge in [-0.15, -0.1) is 0 Å². The van der Waals surface area contributed by atoms with Crippen molar-refractivity contribution in [1.29, 1.82) is 0 Å². The zero-order valence-corrected chi connectivity index (χ0v) is 25.1. The van der Waals surface area contributed by atoms with Gasteiger partial charge in [-0.3, -0.25) is 4.90 Å². The molecule has 3 aliphatic heterocycles. The molecule has 3 aliphatic rings. The molecule has 226 valence electrons. The van der Waals surface area contributed by atoms with E-state index in [9.17, 15) is 14.0 Å². The van der Waals surface area contributed by atoms with Gasteiger partial charge in [-0.1, -0.05) is 30.0 Å². The highest BCUT2D eigenvalue weighted by Gasteiger charge is 2.45. The molecule has 0 bridgehead atoms. The number of rotatable bonds is 8. The molecule has 0 spiro atoms. The first-order valence-electron chi connectivity index (χ1n) is 15.0. The number of carbonyl (C=O) groups excluding carboxylic acids is 1. The molecule has 3 saturated heterocycles. The number of carboxylic acid groups (broad SMARTS) is 1. The Balaban J connectivity index is 1.09. The number of urea groups is 1. The minimum atomic E-state index is -0.936. The topological polar surface area (TPSA) is 86.2 Å². The fraction of sp³-hybridized carbons (Fsp3) is 0.424. The highest BCUT2D eigenvalue weighted by Crippen LogP contribution is 2.37. The maximum absolute atomic E-state index is 14.2. The lowest BCUT2D eigenvalue weighted by Gasteiger charge is -2.39. The van der Waals surface area contributed by atoms with Crippen molar-refractivity contribution in [2.24, 2.45) is 0 Å². The molecular formula is C33H37FN4O4S. The van der Waals surface area contributed by atoms with E-state index in [0.29, 0.717) is 19.8 Å². The van der Waals surface area contributed by atoms with Crippen LogP contribution in [0.15, 0.2) is 70.6 Å². The number of likely N-dealkylation sites (tertiary alicyclic amines) is 1. The largest absolute Gasteiger partial charge is 0.478 e. The Kier molecular flexibility index (Phi) is 8.97. The Bertz CT molecular complexity index is 1460. The highest BCUT2D eigenvalue weighted by molar-refractivity contribution is 7.99. The van der Waals surface area contributed by atoms with Crippen LogP contribution in [0.4, 0.5) is 9.18 Å². The van der Waals surface area contributed by atoms with Crippen molar-refractivity contribution in [2.45, 2.75) is 67.2 Å². The zero-order valence-electron chi connectivity index (χ0n) is 24.3. The zero-order chi connectivity index (χ0) is 29.9. The number of pyridine rings is 1. The Morgan fingerprint density at radius 1 is 1.02 bits per heavy atom. The molecule has 2 aromatic carbocycles. The summed E-state index contributed by atoms with van der Waals surface area (Å²) >= 11 is 1.51. The second kappa shape index (κ2) is 13.0. The predicted molar refractivity (Wildman–Crippen MR) is 162 cm³/mol. The number of hydrogen-bond donors (Lipinski definition) is 1. The molecule has 10 heteroatoms. The van der Waals surface area contributed by atoms with Crippen molar-refractivity contribution in [3.05, 3.63) is 88.9 Å². The van der Waals surface area contributed by atoms with Gasteiger partial charge in [0.05, 0.1) is 11.6 Å². The standard InChI is InChI=1S/C33H37FN4O4S/c1-22-25(7-10-31(35-22)43-29-8-5-23(6-9-29)32(39)40)20-36-15-11-28(12-16-36)38-30(24-3-2-4-26(34)19-24)21-37(33(38)41)27-13-17-42-18-14-27/h2-10,19,27-28,30H,11-18,20-21H2,1H3,(H,39,40)/t30-/m0/s1. The third-order valence-corrected chi connectivity index (χ3v) is 9.82. The third kappa shape index (κ3) is 6.71. The number of piperidine rings is 1. The second-order valence-electron chi connectivity index (χ2n) is 11.6. The van der Waals surface area contributed by atoms with Gasteiger partial charge in [0.25, 0.3) is 0 Å². The van der Waals surface area contributed by atoms with Gasteiger partial charge in [-0.25, -0.2) is 19.0 Å². The summed E-state index contributed by atoms with van der Waals surface area (Å²) in [6, 6.07) is 17.9. The van der Waals surface area contributed by atoms with Crippen LogP contribution in [0.1, 0.15) is 58.9 Å².